The highest BCUT2D eigenvalue weighted by atomic mass is 32.1. The fraction of sp³-hybridized carbons (Fsp3) is 0.222. The van der Waals surface area contributed by atoms with Gasteiger partial charge in [0.15, 0.2) is 5.78 Å². The lowest BCUT2D eigenvalue weighted by molar-refractivity contribution is 0.0991. The van der Waals surface area contributed by atoms with E-state index in [9.17, 15) is 4.79 Å². The molecule has 0 saturated heterocycles. The highest BCUT2D eigenvalue weighted by Crippen LogP contribution is 2.12. The largest absolute Gasteiger partial charge is 0.313 e. The van der Waals surface area contributed by atoms with E-state index in [0.717, 1.165) is 4.90 Å². The van der Waals surface area contributed by atoms with Crippen molar-refractivity contribution in [1.82, 2.24) is 5.32 Å². The maximum atomic E-state index is 11.4. The summed E-state index contributed by atoms with van der Waals surface area (Å²) < 4.78 is 0. The maximum Gasteiger partial charge on any atom is 0.177 e. The van der Waals surface area contributed by atoms with Gasteiger partial charge in [0.1, 0.15) is 0 Å². The summed E-state index contributed by atoms with van der Waals surface area (Å²) in [5.74, 6) is 0.0723. The van der Waals surface area contributed by atoms with Crippen LogP contribution in [0.15, 0.2) is 29.2 Å². The Labute approximate surface area is 77.4 Å². The van der Waals surface area contributed by atoms with Crippen molar-refractivity contribution in [3.63, 3.8) is 0 Å². The van der Waals surface area contributed by atoms with Crippen LogP contribution >= 0.6 is 12.6 Å². The predicted octanol–water partition coefficient (Wildman–Crippen LogP) is 1.38. The van der Waals surface area contributed by atoms with Crippen molar-refractivity contribution in [2.45, 2.75) is 4.90 Å². The van der Waals surface area contributed by atoms with Gasteiger partial charge in [0.05, 0.1) is 6.54 Å². The van der Waals surface area contributed by atoms with Crippen molar-refractivity contribution < 1.29 is 4.79 Å². The summed E-state index contributed by atoms with van der Waals surface area (Å²) in [6.45, 7) is 0.359. The van der Waals surface area contributed by atoms with Gasteiger partial charge in [0.2, 0.25) is 0 Å². The van der Waals surface area contributed by atoms with E-state index in [2.05, 4.69) is 17.9 Å². The lowest BCUT2D eigenvalue weighted by atomic mass is 10.1. The number of Topliss-reactive ketones (excluding diaryl/α,β-unsaturated/α-hetero) is 1. The molecule has 64 valence electrons. The zero-order valence-corrected chi connectivity index (χ0v) is 7.77. The maximum absolute atomic E-state index is 11.4. The standard InChI is InChI=1S/C9H11NOS/c1-10-6-8(11)7-4-2-3-5-9(7)12/h2-5,10,12H,6H2,1H3. The number of nitrogens with one attached hydrogen (secondary N) is 1. The van der Waals surface area contributed by atoms with Crippen LogP contribution in [0.25, 0.3) is 0 Å². The molecule has 0 aliphatic carbocycles. The van der Waals surface area contributed by atoms with Crippen LogP contribution in [0.5, 0.6) is 0 Å². The smallest absolute Gasteiger partial charge is 0.177 e. The summed E-state index contributed by atoms with van der Waals surface area (Å²) in [6.07, 6.45) is 0. The van der Waals surface area contributed by atoms with Crippen molar-refractivity contribution in [3.8, 4) is 0 Å². The average molecular weight is 181 g/mol. The Hall–Kier alpha value is -0.800. The Morgan fingerprint density at radius 3 is 2.75 bits per heavy atom. The van der Waals surface area contributed by atoms with E-state index >= 15 is 0 Å². The van der Waals surface area contributed by atoms with Crippen molar-refractivity contribution in [1.29, 1.82) is 0 Å². The van der Waals surface area contributed by atoms with Gasteiger partial charge in [0, 0.05) is 10.5 Å². The molecule has 1 rings (SSSR count). The molecule has 3 heteroatoms. The molecule has 0 spiro atoms. The molecular weight excluding hydrogens is 170 g/mol. The molecule has 0 atom stereocenters. The summed E-state index contributed by atoms with van der Waals surface area (Å²) in [5.41, 5.74) is 0.676. The molecular formula is C9H11NOS. The van der Waals surface area contributed by atoms with E-state index in [4.69, 9.17) is 0 Å². The number of hydrogen-bond donors (Lipinski definition) is 2. The van der Waals surface area contributed by atoms with Crippen LogP contribution < -0.4 is 5.32 Å². The number of ketones is 1. The highest BCUT2D eigenvalue weighted by Gasteiger charge is 2.06. The molecule has 1 aromatic rings. The van der Waals surface area contributed by atoms with E-state index in [0.29, 0.717) is 12.1 Å². The van der Waals surface area contributed by atoms with Gasteiger partial charge in [-0.15, -0.1) is 12.6 Å². The van der Waals surface area contributed by atoms with E-state index in [1.54, 1.807) is 13.1 Å². The molecule has 0 radical (unpaired) electrons. The zero-order valence-electron chi connectivity index (χ0n) is 6.87. The number of carbonyl (C=O) groups excluding carboxylic acids is 1. The van der Waals surface area contributed by atoms with Gasteiger partial charge in [-0.3, -0.25) is 4.79 Å². The molecule has 1 aromatic carbocycles. The molecule has 0 amide bonds. The van der Waals surface area contributed by atoms with Gasteiger partial charge in [0.25, 0.3) is 0 Å². The second-order valence-corrected chi connectivity index (χ2v) is 2.95. The molecule has 0 heterocycles. The third-order valence-electron chi connectivity index (χ3n) is 1.54. The third-order valence-corrected chi connectivity index (χ3v) is 1.93. The van der Waals surface area contributed by atoms with Crippen molar-refractivity contribution >= 4 is 18.4 Å². The minimum atomic E-state index is 0.0723. The van der Waals surface area contributed by atoms with E-state index in [1.807, 2.05) is 18.2 Å². The summed E-state index contributed by atoms with van der Waals surface area (Å²) >= 11 is 4.18. The van der Waals surface area contributed by atoms with Crippen molar-refractivity contribution in [2.24, 2.45) is 0 Å². The Kier molecular flexibility index (Phi) is 3.31. The summed E-state index contributed by atoms with van der Waals surface area (Å²) in [5, 5.41) is 2.81. The van der Waals surface area contributed by atoms with Crippen molar-refractivity contribution in [3.05, 3.63) is 29.8 Å². The highest BCUT2D eigenvalue weighted by molar-refractivity contribution is 7.80. The number of likely N-dealkylation sites (N-methyl/N-ethyl adjacent to an activating group) is 1. The van der Waals surface area contributed by atoms with Crippen LogP contribution in [-0.2, 0) is 0 Å². The predicted molar refractivity (Wildman–Crippen MR) is 52.0 cm³/mol. The first-order valence-corrected chi connectivity index (χ1v) is 4.16. The number of hydrogen-bond acceptors (Lipinski definition) is 3. The average Bonchev–Trinajstić information content (AvgIpc) is 2.05. The van der Waals surface area contributed by atoms with Gasteiger partial charge in [-0.25, -0.2) is 0 Å². The molecule has 2 nitrogen and oxygen atoms in total. The summed E-state index contributed by atoms with van der Waals surface area (Å²) in [7, 11) is 1.75. The Balaban J connectivity index is 2.87. The molecule has 0 aliphatic rings. The quantitative estimate of drug-likeness (QED) is 0.545. The fourth-order valence-electron chi connectivity index (χ4n) is 0.965. The lowest BCUT2D eigenvalue weighted by Gasteiger charge is -2.01. The number of carbonyl (C=O) groups is 1. The SMILES string of the molecule is CNCC(=O)c1ccccc1S. The molecule has 0 bridgehead atoms. The van der Waals surface area contributed by atoms with Crippen LogP contribution in [0.2, 0.25) is 0 Å². The van der Waals surface area contributed by atoms with E-state index < -0.39 is 0 Å². The number of benzene rings is 1. The minimum absolute atomic E-state index is 0.0723. The van der Waals surface area contributed by atoms with Crippen molar-refractivity contribution in [2.75, 3.05) is 13.6 Å². The Morgan fingerprint density at radius 2 is 2.17 bits per heavy atom. The van der Waals surface area contributed by atoms with Gasteiger partial charge in [-0.05, 0) is 13.1 Å². The van der Waals surface area contributed by atoms with Crippen LogP contribution in [0, 0.1) is 0 Å². The first kappa shape index (κ1) is 9.29. The van der Waals surface area contributed by atoms with Gasteiger partial charge in [-0.1, -0.05) is 18.2 Å². The second kappa shape index (κ2) is 4.28. The topological polar surface area (TPSA) is 29.1 Å². The van der Waals surface area contributed by atoms with E-state index in [1.165, 1.54) is 0 Å². The lowest BCUT2D eigenvalue weighted by Crippen LogP contribution is -2.18. The third kappa shape index (κ3) is 2.09. The second-order valence-electron chi connectivity index (χ2n) is 2.47. The molecule has 0 aromatic heterocycles. The van der Waals surface area contributed by atoms with Crippen LogP contribution in [-0.4, -0.2) is 19.4 Å². The minimum Gasteiger partial charge on any atom is -0.313 e. The Morgan fingerprint density at radius 1 is 1.50 bits per heavy atom. The molecule has 0 fully saturated rings. The molecule has 0 unspecified atom stereocenters. The number of thiol groups is 1. The molecule has 0 aliphatic heterocycles. The summed E-state index contributed by atoms with van der Waals surface area (Å²) in [4.78, 5) is 12.1. The van der Waals surface area contributed by atoms with Gasteiger partial charge >= 0.3 is 0 Å². The molecule has 0 saturated carbocycles. The normalized spacial score (nSPS) is 9.83. The molecule has 1 N–H and O–H groups in total. The fourth-order valence-corrected chi connectivity index (χ4v) is 1.25. The molecule has 12 heavy (non-hydrogen) atoms. The van der Waals surface area contributed by atoms with Crippen LogP contribution in [0.1, 0.15) is 10.4 Å². The van der Waals surface area contributed by atoms with Gasteiger partial charge in [-0.2, -0.15) is 0 Å². The van der Waals surface area contributed by atoms with Crippen LogP contribution in [0.4, 0.5) is 0 Å². The first-order valence-electron chi connectivity index (χ1n) is 3.71. The monoisotopic (exact) mass is 181 g/mol. The number of rotatable bonds is 3. The summed E-state index contributed by atoms with van der Waals surface area (Å²) in [6, 6.07) is 7.29. The van der Waals surface area contributed by atoms with Gasteiger partial charge < -0.3 is 5.32 Å². The van der Waals surface area contributed by atoms with E-state index in [-0.39, 0.29) is 5.78 Å². The Bertz CT molecular complexity index is 286. The first-order chi connectivity index (χ1) is 5.75. The van der Waals surface area contributed by atoms with Crippen LogP contribution in [0.3, 0.4) is 0 Å². The zero-order chi connectivity index (χ0) is 8.97.